The van der Waals surface area contributed by atoms with Crippen molar-refractivity contribution in [2.45, 2.75) is 12.4 Å². The molecule has 0 aliphatic heterocycles. The fraction of sp³-hybridized carbons (Fsp3) is 0.125. The predicted molar refractivity (Wildman–Crippen MR) is 76.1 cm³/mol. The van der Waals surface area contributed by atoms with Gasteiger partial charge in [-0.05, 0) is 23.8 Å². The fourth-order valence-corrected chi connectivity index (χ4v) is 1.30. The van der Waals surface area contributed by atoms with Gasteiger partial charge in [0.25, 0.3) is 0 Å². The molecule has 0 rings (SSSR count). The maximum absolute atomic E-state index is 13.0. The SMILES string of the molecule is C=C\C(C#N)=C/C(=C/C(C=C)=C/C(=C/C#N)C(F)(F)F)C(F)(F)F. The van der Waals surface area contributed by atoms with Crippen LogP contribution in [0.5, 0.6) is 0 Å². The molecule has 0 amide bonds. The molecule has 0 saturated carbocycles. The Kier molecular flexibility index (Phi) is 7.51. The zero-order chi connectivity index (χ0) is 19.0. The first-order valence-electron chi connectivity index (χ1n) is 6.03. The Hall–Kier alpha value is -3.00. The third kappa shape index (κ3) is 6.84. The van der Waals surface area contributed by atoms with E-state index in [0.717, 1.165) is 12.2 Å². The van der Waals surface area contributed by atoms with Gasteiger partial charge in [0.05, 0.1) is 28.9 Å². The highest BCUT2D eigenvalue weighted by molar-refractivity contribution is 5.47. The number of alkyl halides is 6. The molecule has 24 heavy (non-hydrogen) atoms. The van der Waals surface area contributed by atoms with Crippen LogP contribution >= 0.6 is 0 Å². The van der Waals surface area contributed by atoms with E-state index in [9.17, 15) is 26.3 Å². The Labute approximate surface area is 134 Å². The molecule has 0 unspecified atom stereocenters. The summed E-state index contributed by atoms with van der Waals surface area (Å²) in [5.74, 6) is 0. The predicted octanol–water partition coefficient (Wildman–Crippen LogP) is 5.24. The molecule has 0 aromatic heterocycles. The lowest BCUT2D eigenvalue weighted by Gasteiger charge is -2.10. The lowest BCUT2D eigenvalue weighted by molar-refractivity contribution is -0.0886. The van der Waals surface area contributed by atoms with E-state index in [1.54, 1.807) is 0 Å². The van der Waals surface area contributed by atoms with Gasteiger partial charge >= 0.3 is 12.4 Å². The quantitative estimate of drug-likeness (QED) is 0.389. The van der Waals surface area contributed by atoms with Crippen molar-refractivity contribution in [1.82, 2.24) is 0 Å². The highest BCUT2D eigenvalue weighted by atomic mass is 19.4. The highest BCUT2D eigenvalue weighted by Crippen LogP contribution is 2.31. The van der Waals surface area contributed by atoms with Gasteiger partial charge in [-0.3, -0.25) is 0 Å². The van der Waals surface area contributed by atoms with Crippen molar-refractivity contribution in [3.05, 3.63) is 71.9 Å². The normalized spacial score (nSPS) is 14.7. The van der Waals surface area contributed by atoms with E-state index >= 15 is 0 Å². The molecule has 0 saturated heterocycles. The fourth-order valence-electron chi connectivity index (χ4n) is 1.30. The average Bonchev–Trinajstić information content (AvgIpc) is 2.47. The van der Waals surface area contributed by atoms with E-state index in [2.05, 4.69) is 13.2 Å². The molecule has 126 valence electrons. The average molecular weight is 344 g/mol. The van der Waals surface area contributed by atoms with Crippen LogP contribution in [-0.4, -0.2) is 12.4 Å². The van der Waals surface area contributed by atoms with Crippen molar-refractivity contribution in [2.24, 2.45) is 0 Å². The second kappa shape index (κ2) is 8.59. The van der Waals surface area contributed by atoms with Gasteiger partial charge in [0.15, 0.2) is 0 Å². The summed E-state index contributed by atoms with van der Waals surface area (Å²) in [6, 6.07) is 2.62. The Morgan fingerprint density at radius 2 is 1.33 bits per heavy atom. The molecule has 2 nitrogen and oxygen atoms in total. The minimum atomic E-state index is -4.93. The molecule has 0 atom stereocenters. The van der Waals surface area contributed by atoms with Gasteiger partial charge in [-0.2, -0.15) is 36.9 Å². The monoisotopic (exact) mass is 344 g/mol. The van der Waals surface area contributed by atoms with Crippen LogP contribution in [0.25, 0.3) is 0 Å². The van der Waals surface area contributed by atoms with Crippen molar-refractivity contribution < 1.29 is 26.3 Å². The summed E-state index contributed by atoms with van der Waals surface area (Å²) in [7, 11) is 0. The number of halogens is 6. The van der Waals surface area contributed by atoms with Crippen molar-refractivity contribution in [1.29, 1.82) is 10.5 Å². The molecule has 0 fully saturated rings. The smallest absolute Gasteiger partial charge is 0.193 e. The van der Waals surface area contributed by atoms with Crippen molar-refractivity contribution in [2.75, 3.05) is 0 Å². The zero-order valence-corrected chi connectivity index (χ0v) is 12.0. The van der Waals surface area contributed by atoms with Gasteiger partial charge in [0.1, 0.15) is 0 Å². The number of hydrogen-bond donors (Lipinski definition) is 0. The molecule has 0 spiro atoms. The summed E-state index contributed by atoms with van der Waals surface area (Å²) in [6.45, 7) is 6.30. The molecule has 0 aromatic rings. The molecular weight excluding hydrogens is 334 g/mol. The molecule has 0 N–H and O–H groups in total. The number of rotatable bonds is 5. The van der Waals surface area contributed by atoms with E-state index < -0.39 is 34.6 Å². The highest BCUT2D eigenvalue weighted by Gasteiger charge is 2.34. The number of nitriles is 2. The first kappa shape index (κ1) is 21.0. The van der Waals surface area contributed by atoms with Crippen LogP contribution in [0.2, 0.25) is 0 Å². The first-order chi connectivity index (χ1) is 11.0. The van der Waals surface area contributed by atoms with E-state index in [0.29, 0.717) is 18.2 Å². The molecule has 0 aliphatic carbocycles. The maximum atomic E-state index is 13.0. The third-order valence-electron chi connectivity index (χ3n) is 2.41. The minimum absolute atomic E-state index is 0.158. The van der Waals surface area contributed by atoms with Crippen molar-refractivity contribution in [3.63, 3.8) is 0 Å². The van der Waals surface area contributed by atoms with Crippen molar-refractivity contribution in [3.8, 4) is 12.1 Å². The van der Waals surface area contributed by atoms with Gasteiger partial charge in [0.2, 0.25) is 0 Å². The molecule has 0 aliphatic rings. The molecular formula is C16H10F6N2. The zero-order valence-electron chi connectivity index (χ0n) is 12.0. The van der Waals surface area contributed by atoms with Gasteiger partial charge in [-0.25, -0.2) is 0 Å². The topological polar surface area (TPSA) is 47.6 Å². The van der Waals surface area contributed by atoms with Crippen LogP contribution in [0.1, 0.15) is 0 Å². The molecule has 0 radical (unpaired) electrons. The van der Waals surface area contributed by atoms with Crippen LogP contribution in [0.15, 0.2) is 71.9 Å². The van der Waals surface area contributed by atoms with Gasteiger partial charge < -0.3 is 0 Å². The van der Waals surface area contributed by atoms with E-state index in [4.69, 9.17) is 10.5 Å². The molecule has 0 aromatic carbocycles. The van der Waals surface area contributed by atoms with E-state index in [-0.39, 0.29) is 6.08 Å². The summed E-state index contributed by atoms with van der Waals surface area (Å²) in [5.41, 5.74) is -3.78. The standard InChI is InChI=1S/C16H10F6N2/c1-3-11(7-13(5-6-23)15(17,18)19)8-14(16(20,21)22)9-12(4-2)10-24/h3-5,7-9H,1-2H2/b11-7+,12-9+,13-5-,14-8-. The largest absolute Gasteiger partial charge is 0.417 e. The van der Waals surface area contributed by atoms with Crippen molar-refractivity contribution >= 4 is 0 Å². The Morgan fingerprint density at radius 1 is 0.792 bits per heavy atom. The molecule has 8 heteroatoms. The summed E-state index contributed by atoms with van der Waals surface area (Å²) >= 11 is 0. The molecule has 0 heterocycles. The summed E-state index contributed by atoms with van der Waals surface area (Å²) < 4.78 is 76.9. The lowest BCUT2D eigenvalue weighted by atomic mass is 10.0. The van der Waals surface area contributed by atoms with E-state index in [1.165, 1.54) is 12.1 Å². The van der Waals surface area contributed by atoms with Gasteiger partial charge in [0, 0.05) is 6.08 Å². The second-order valence-electron chi connectivity index (χ2n) is 4.09. The van der Waals surface area contributed by atoms with Crippen LogP contribution in [-0.2, 0) is 0 Å². The minimum Gasteiger partial charge on any atom is -0.193 e. The summed E-state index contributed by atoms with van der Waals surface area (Å²) in [4.78, 5) is 0. The number of nitrogens with zero attached hydrogens (tertiary/aromatic N) is 2. The van der Waals surface area contributed by atoms with Crippen LogP contribution in [0, 0.1) is 22.7 Å². The maximum Gasteiger partial charge on any atom is 0.417 e. The van der Waals surface area contributed by atoms with Gasteiger partial charge in [-0.1, -0.05) is 25.3 Å². The van der Waals surface area contributed by atoms with Gasteiger partial charge in [-0.15, -0.1) is 0 Å². The van der Waals surface area contributed by atoms with Crippen LogP contribution in [0.3, 0.4) is 0 Å². The first-order valence-corrected chi connectivity index (χ1v) is 6.03. The third-order valence-corrected chi connectivity index (χ3v) is 2.41. The summed E-state index contributed by atoms with van der Waals surface area (Å²) in [6.07, 6.45) is -6.91. The van der Waals surface area contributed by atoms with Crippen LogP contribution in [0.4, 0.5) is 26.3 Å². The lowest BCUT2D eigenvalue weighted by Crippen LogP contribution is -2.12. The molecule has 0 bridgehead atoms. The second-order valence-corrected chi connectivity index (χ2v) is 4.09. The van der Waals surface area contributed by atoms with E-state index in [1.807, 2.05) is 0 Å². The number of hydrogen-bond acceptors (Lipinski definition) is 2. The Morgan fingerprint density at radius 3 is 1.67 bits per heavy atom. The number of allylic oxidation sites excluding steroid dienone is 10. The summed E-state index contributed by atoms with van der Waals surface area (Å²) in [5, 5.41) is 17.0. The van der Waals surface area contributed by atoms with Crippen LogP contribution < -0.4 is 0 Å². The Balaban J connectivity index is 6.30. The Bertz CT molecular complexity index is 701.